The second-order valence-electron chi connectivity index (χ2n) is 4.79. The predicted octanol–water partition coefficient (Wildman–Crippen LogP) is 2.36. The number of hydrogen-bond donors (Lipinski definition) is 2. The fraction of sp³-hybridized carbons (Fsp3) is 0.538. The number of nitrogens with one attached hydrogen (secondary N) is 2. The van der Waals surface area contributed by atoms with Gasteiger partial charge in [0.15, 0.2) is 4.77 Å². The molecule has 2 N–H and O–H groups in total. The first-order valence-corrected chi connectivity index (χ1v) is 7.36. The molecule has 0 amide bonds. The molecule has 8 heteroatoms. The van der Waals surface area contributed by atoms with Crippen molar-refractivity contribution < 1.29 is 4.74 Å². The third-order valence-corrected chi connectivity index (χ3v) is 3.19. The molecular weight excluding hydrogens is 288 g/mol. The molecule has 2 aromatic heterocycles. The molecule has 2 heterocycles. The zero-order valence-corrected chi connectivity index (χ0v) is 13.3. The SMILES string of the molecule is CCOc1cc(NCCn2c(C(C)C)n[nH]c2=S)ncn1. The monoisotopic (exact) mass is 308 g/mol. The van der Waals surface area contributed by atoms with Gasteiger partial charge in [0, 0.05) is 25.1 Å². The van der Waals surface area contributed by atoms with Crippen LogP contribution in [0, 0.1) is 4.77 Å². The van der Waals surface area contributed by atoms with Crippen LogP contribution in [0.2, 0.25) is 0 Å². The van der Waals surface area contributed by atoms with Gasteiger partial charge in [0.2, 0.25) is 5.88 Å². The summed E-state index contributed by atoms with van der Waals surface area (Å²) in [6.07, 6.45) is 1.48. The van der Waals surface area contributed by atoms with E-state index in [1.165, 1.54) is 6.33 Å². The van der Waals surface area contributed by atoms with Crippen LogP contribution in [0.15, 0.2) is 12.4 Å². The topological polar surface area (TPSA) is 80.6 Å². The molecule has 0 unspecified atom stereocenters. The van der Waals surface area contributed by atoms with E-state index < -0.39 is 0 Å². The molecule has 2 aromatic rings. The van der Waals surface area contributed by atoms with Gasteiger partial charge in [0.1, 0.15) is 18.0 Å². The smallest absolute Gasteiger partial charge is 0.218 e. The van der Waals surface area contributed by atoms with Gasteiger partial charge in [-0.25, -0.2) is 9.97 Å². The lowest BCUT2D eigenvalue weighted by Crippen LogP contribution is -2.14. The standard InChI is InChI=1S/C13H20N6OS/c1-4-20-11-7-10(15-8-16-11)14-5-6-19-12(9(2)3)17-18-13(19)21/h7-9H,4-6H2,1-3H3,(H,18,21)(H,14,15,16). The zero-order valence-electron chi connectivity index (χ0n) is 12.5. The molecule has 0 fully saturated rings. The summed E-state index contributed by atoms with van der Waals surface area (Å²) in [5, 5.41) is 10.3. The van der Waals surface area contributed by atoms with Crippen molar-refractivity contribution in [2.75, 3.05) is 18.5 Å². The van der Waals surface area contributed by atoms with Crippen molar-refractivity contribution in [3.05, 3.63) is 23.0 Å². The number of aromatic nitrogens is 5. The molecule has 0 spiro atoms. The summed E-state index contributed by atoms with van der Waals surface area (Å²) in [7, 11) is 0. The molecule has 0 aliphatic heterocycles. The van der Waals surface area contributed by atoms with Crippen LogP contribution in [-0.2, 0) is 6.54 Å². The van der Waals surface area contributed by atoms with Gasteiger partial charge < -0.3 is 14.6 Å². The Morgan fingerprint density at radius 2 is 2.24 bits per heavy atom. The lowest BCUT2D eigenvalue weighted by molar-refractivity contribution is 0.326. The lowest BCUT2D eigenvalue weighted by Gasteiger charge is -2.10. The van der Waals surface area contributed by atoms with Gasteiger partial charge in [0.05, 0.1) is 6.61 Å². The van der Waals surface area contributed by atoms with Crippen LogP contribution in [0.5, 0.6) is 5.88 Å². The second-order valence-corrected chi connectivity index (χ2v) is 5.18. The zero-order chi connectivity index (χ0) is 15.2. The van der Waals surface area contributed by atoms with E-state index in [2.05, 4.69) is 39.3 Å². The molecule has 21 heavy (non-hydrogen) atoms. The number of nitrogens with zero attached hydrogens (tertiary/aromatic N) is 4. The Balaban J connectivity index is 1.97. The number of H-pyrrole nitrogens is 1. The van der Waals surface area contributed by atoms with Crippen LogP contribution in [0.3, 0.4) is 0 Å². The van der Waals surface area contributed by atoms with E-state index in [1.54, 1.807) is 6.07 Å². The van der Waals surface area contributed by atoms with Crippen molar-refractivity contribution in [1.82, 2.24) is 24.7 Å². The van der Waals surface area contributed by atoms with Crippen LogP contribution in [0.1, 0.15) is 32.5 Å². The summed E-state index contributed by atoms with van der Waals surface area (Å²) >= 11 is 5.25. The Kier molecular flexibility index (Phi) is 5.26. The molecule has 0 aliphatic rings. The molecule has 0 aromatic carbocycles. The highest BCUT2D eigenvalue weighted by Gasteiger charge is 2.09. The first kappa shape index (κ1) is 15.4. The molecule has 0 saturated heterocycles. The Labute approximate surface area is 128 Å². The van der Waals surface area contributed by atoms with Gasteiger partial charge in [-0.1, -0.05) is 13.8 Å². The highest BCUT2D eigenvalue weighted by Crippen LogP contribution is 2.13. The molecule has 7 nitrogen and oxygen atoms in total. The minimum atomic E-state index is 0.321. The molecule has 0 bridgehead atoms. The van der Waals surface area contributed by atoms with Crippen LogP contribution in [0.4, 0.5) is 5.82 Å². The van der Waals surface area contributed by atoms with Gasteiger partial charge in [-0.15, -0.1) is 0 Å². The van der Waals surface area contributed by atoms with Crippen molar-refractivity contribution in [1.29, 1.82) is 0 Å². The van der Waals surface area contributed by atoms with Gasteiger partial charge in [0.25, 0.3) is 0 Å². The third kappa shape index (κ3) is 4.01. The van der Waals surface area contributed by atoms with E-state index in [9.17, 15) is 0 Å². The maximum absolute atomic E-state index is 5.34. The van der Waals surface area contributed by atoms with E-state index >= 15 is 0 Å². The van der Waals surface area contributed by atoms with Gasteiger partial charge in [-0.05, 0) is 19.1 Å². The second kappa shape index (κ2) is 7.16. The fourth-order valence-electron chi connectivity index (χ4n) is 1.95. The average Bonchev–Trinajstić information content (AvgIpc) is 2.81. The van der Waals surface area contributed by atoms with Crippen molar-refractivity contribution in [2.24, 2.45) is 0 Å². The molecule has 0 saturated carbocycles. The Morgan fingerprint density at radius 1 is 1.43 bits per heavy atom. The minimum absolute atomic E-state index is 0.321. The molecule has 0 atom stereocenters. The van der Waals surface area contributed by atoms with Crippen molar-refractivity contribution in [3.63, 3.8) is 0 Å². The highest BCUT2D eigenvalue weighted by molar-refractivity contribution is 7.71. The lowest BCUT2D eigenvalue weighted by atomic mass is 10.2. The Morgan fingerprint density at radius 3 is 2.95 bits per heavy atom. The third-order valence-electron chi connectivity index (χ3n) is 2.88. The van der Waals surface area contributed by atoms with Gasteiger partial charge in [-0.3, -0.25) is 5.10 Å². The van der Waals surface area contributed by atoms with E-state index in [4.69, 9.17) is 17.0 Å². The number of aromatic amines is 1. The first-order chi connectivity index (χ1) is 10.1. The summed E-state index contributed by atoms with van der Waals surface area (Å²) in [6, 6.07) is 1.78. The average molecular weight is 308 g/mol. The van der Waals surface area contributed by atoms with Gasteiger partial charge in [-0.2, -0.15) is 5.10 Å². The summed E-state index contributed by atoms with van der Waals surface area (Å²) < 4.78 is 7.98. The minimum Gasteiger partial charge on any atom is -0.478 e. The summed E-state index contributed by atoms with van der Waals surface area (Å²) in [5.41, 5.74) is 0. The van der Waals surface area contributed by atoms with E-state index in [0.717, 1.165) is 18.2 Å². The van der Waals surface area contributed by atoms with Crippen molar-refractivity contribution in [2.45, 2.75) is 33.2 Å². The predicted molar refractivity (Wildman–Crippen MR) is 83.2 cm³/mol. The normalized spacial score (nSPS) is 10.9. The summed E-state index contributed by atoms with van der Waals surface area (Å²) in [6.45, 7) is 8.09. The quantitative estimate of drug-likeness (QED) is 0.764. The number of hydrogen-bond acceptors (Lipinski definition) is 6. The van der Waals surface area contributed by atoms with Gasteiger partial charge >= 0.3 is 0 Å². The van der Waals surface area contributed by atoms with Crippen LogP contribution < -0.4 is 10.1 Å². The van der Waals surface area contributed by atoms with Crippen LogP contribution in [0.25, 0.3) is 0 Å². The number of anilines is 1. The molecular formula is C13H20N6OS. The molecule has 0 aliphatic carbocycles. The fourth-order valence-corrected chi connectivity index (χ4v) is 2.18. The molecule has 0 radical (unpaired) electrons. The highest BCUT2D eigenvalue weighted by atomic mass is 32.1. The maximum atomic E-state index is 5.34. The number of ether oxygens (including phenoxy) is 1. The Bertz CT molecular complexity index is 636. The molecule has 114 valence electrons. The van der Waals surface area contributed by atoms with Crippen molar-refractivity contribution in [3.8, 4) is 5.88 Å². The molecule has 2 rings (SSSR count). The Hall–Kier alpha value is -1.96. The van der Waals surface area contributed by atoms with E-state index in [0.29, 0.717) is 29.7 Å². The summed E-state index contributed by atoms with van der Waals surface area (Å²) in [5.74, 6) is 2.58. The summed E-state index contributed by atoms with van der Waals surface area (Å²) in [4.78, 5) is 8.19. The van der Waals surface area contributed by atoms with Crippen LogP contribution >= 0.6 is 12.2 Å². The largest absolute Gasteiger partial charge is 0.478 e. The first-order valence-electron chi connectivity index (χ1n) is 6.95. The number of rotatable bonds is 7. The van der Waals surface area contributed by atoms with E-state index in [1.807, 2.05) is 11.5 Å². The van der Waals surface area contributed by atoms with E-state index in [-0.39, 0.29) is 0 Å². The maximum Gasteiger partial charge on any atom is 0.218 e. The van der Waals surface area contributed by atoms with Crippen molar-refractivity contribution >= 4 is 18.0 Å². The van der Waals surface area contributed by atoms with Crippen LogP contribution in [-0.4, -0.2) is 37.9 Å².